The number of alkyl halides is 3. The van der Waals surface area contributed by atoms with Gasteiger partial charge in [-0.1, -0.05) is 30.4 Å². The molecule has 18 heavy (non-hydrogen) atoms. The fourth-order valence-corrected chi connectivity index (χ4v) is 5.84. The van der Waals surface area contributed by atoms with E-state index in [4.69, 9.17) is 0 Å². The minimum atomic E-state index is -4.16. The van der Waals surface area contributed by atoms with Gasteiger partial charge < -0.3 is 0 Å². The summed E-state index contributed by atoms with van der Waals surface area (Å²) >= 11 is -0.691. The van der Waals surface area contributed by atoms with Crippen LogP contribution in [0.1, 0.15) is 6.42 Å². The zero-order valence-corrected chi connectivity index (χ0v) is 11.6. The average Bonchev–Trinajstić information content (AvgIpc) is 2.89. The van der Waals surface area contributed by atoms with Crippen molar-refractivity contribution >= 4 is 0 Å². The normalized spacial score (nSPS) is 26.2. The maximum atomic E-state index is 13.1. The lowest BCUT2D eigenvalue weighted by molar-refractivity contribution is -0.582. The van der Waals surface area contributed by atoms with Crippen LogP contribution in [0.4, 0.5) is 13.2 Å². The van der Waals surface area contributed by atoms with Crippen molar-refractivity contribution in [3.8, 4) is 0 Å². The van der Waals surface area contributed by atoms with Crippen molar-refractivity contribution in [3.63, 3.8) is 0 Å². The topological polar surface area (TPSA) is 0 Å². The van der Waals surface area contributed by atoms with Gasteiger partial charge in [0.15, 0.2) is 7.15 Å². The van der Waals surface area contributed by atoms with Crippen LogP contribution < -0.4 is 21.2 Å². The van der Waals surface area contributed by atoms with Gasteiger partial charge in [-0.05, 0) is 18.6 Å². The third kappa shape index (κ3) is 2.11. The Hall–Kier alpha value is -0.780. The number of allylic oxidation sites excluding steroid dienone is 4. The number of halogens is 4. The maximum absolute atomic E-state index is 13.1. The van der Waals surface area contributed by atoms with Crippen LogP contribution in [0.5, 0.6) is 0 Å². The van der Waals surface area contributed by atoms with Gasteiger partial charge in [-0.25, -0.2) is 0 Å². The molecule has 1 aromatic rings. The van der Waals surface area contributed by atoms with Crippen LogP contribution in [-0.4, -0.2) is 6.18 Å². The summed E-state index contributed by atoms with van der Waals surface area (Å²) in [6.07, 6.45) is 0.161. The van der Waals surface area contributed by atoms with E-state index in [1.807, 2.05) is 36.4 Å². The van der Waals surface area contributed by atoms with E-state index in [9.17, 15) is 13.2 Å². The van der Waals surface area contributed by atoms with Crippen molar-refractivity contribution in [2.75, 3.05) is 0 Å². The Balaban J connectivity index is 1.96. The number of hydrogen-bond acceptors (Lipinski definition) is 0. The first-order chi connectivity index (χ1) is 8.55. The molecule has 0 N–H and O–H groups in total. The molecule has 94 valence electrons. The predicted molar refractivity (Wildman–Crippen MR) is 59.0 cm³/mol. The Morgan fingerprint density at radius 1 is 1.00 bits per heavy atom. The van der Waals surface area contributed by atoms with Crippen molar-refractivity contribution in [2.24, 2.45) is 11.8 Å². The van der Waals surface area contributed by atoms with Gasteiger partial charge in [0.05, 0.1) is 5.57 Å². The highest BCUT2D eigenvalue weighted by Crippen LogP contribution is 2.47. The molecule has 2 aliphatic rings. The van der Waals surface area contributed by atoms with Gasteiger partial charge in [-0.15, -0.1) is 0 Å². The van der Waals surface area contributed by atoms with Crippen LogP contribution in [0, 0.1) is 15.4 Å². The Bertz CT molecular complexity index is 514. The summed E-state index contributed by atoms with van der Waals surface area (Å²) in [4.78, 5) is 0. The van der Waals surface area contributed by atoms with Gasteiger partial charge in [-0.3, -0.25) is 0 Å². The summed E-state index contributed by atoms with van der Waals surface area (Å²) in [5.41, 5.74) is -0.244. The molecule has 3 rings (SSSR count). The van der Waals surface area contributed by atoms with Gasteiger partial charge in [-0.2, -0.15) is 13.2 Å². The molecule has 0 aliphatic heterocycles. The summed E-state index contributed by atoms with van der Waals surface area (Å²) in [7, 11) is 0. The van der Waals surface area contributed by atoms with Crippen molar-refractivity contribution in [2.45, 2.75) is 12.6 Å². The van der Waals surface area contributed by atoms with Gasteiger partial charge >= 0.3 is 27.4 Å². The summed E-state index contributed by atoms with van der Waals surface area (Å²) in [5, 5.41) is 0. The number of hydrogen-bond donors (Lipinski definition) is 0. The first kappa shape index (κ1) is 12.3. The fourth-order valence-electron chi connectivity index (χ4n) is 2.54. The Labute approximate surface area is 114 Å². The number of rotatable bonds is 2. The van der Waals surface area contributed by atoms with Gasteiger partial charge in [0, 0.05) is 11.8 Å². The van der Waals surface area contributed by atoms with E-state index in [1.54, 1.807) is 6.08 Å². The number of fused-ring (bicyclic) bond motifs is 2. The molecular formula is C14H11F3I+. The SMILES string of the molecule is FC(F)(F)C1=C([I+]c2ccccc2)C2C=CC1C2. The molecule has 0 aromatic heterocycles. The minimum absolute atomic E-state index is 0.0413. The van der Waals surface area contributed by atoms with Crippen LogP contribution in [-0.2, 0) is 0 Å². The van der Waals surface area contributed by atoms with E-state index in [-0.39, 0.29) is 17.4 Å². The van der Waals surface area contributed by atoms with Crippen LogP contribution in [0.15, 0.2) is 51.6 Å². The van der Waals surface area contributed by atoms with Crippen molar-refractivity contribution in [1.29, 1.82) is 0 Å². The van der Waals surface area contributed by atoms with E-state index in [1.165, 1.54) is 0 Å². The van der Waals surface area contributed by atoms with Crippen molar-refractivity contribution < 1.29 is 34.4 Å². The Morgan fingerprint density at radius 3 is 2.33 bits per heavy atom. The largest absolute Gasteiger partial charge is 0.417 e. The smallest absolute Gasteiger partial charge is 0.166 e. The van der Waals surface area contributed by atoms with Crippen LogP contribution in [0.2, 0.25) is 0 Å². The highest BCUT2D eigenvalue weighted by atomic mass is 127. The van der Waals surface area contributed by atoms with Crippen LogP contribution >= 0.6 is 0 Å². The molecule has 0 fully saturated rings. The van der Waals surface area contributed by atoms with Crippen molar-refractivity contribution in [1.82, 2.24) is 0 Å². The van der Waals surface area contributed by atoms with Gasteiger partial charge in [0.2, 0.25) is 0 Å². The minimum Gasteiger partial charge on any atom is -0.166 e. The predicted octanol–water partition coefficient (Wildman–Crippen LogP) is 0.967. The molecule has 0 amide bonds. The average molecular weight is 363 g/mol. The zero-order valence-electron chi connectivity index (χ0n) is 9.42. The first-order valence-corrected chi connectivity index (χ1v) is 7.91. The second-order valence-corrected chi connectivity index (χ2v) is 7.43. The van der Waals surface area contributed by atoms with E-state index in [0.29, 0.717) is 10.0 Å². The molecule has 2 atom stereocenters. The van der Waals surface area contributed by atoms with Gasteiger partial charge in [0.25, 0.3) is 0 Å². The molecule has 0 nitrogen and oxygen atoms in total. The van der Waals surface area contributed by atoms with Crippen LogP contribution in [0.25, 0.3) is 0 Å². The first-order valence-electron chi connectivity index (χ1n) is 5.75. The second kappa shape index (κ2) is 4.40. The molecule has 2 aliphatic carbocycles. The summed E-state index contributed by atoms with van der Waals surface area (Å²) < 4.78 is 41.0. The lowest BCUT2D eigenvalue weighted by Gasteiger charge is -2.12. The van der Waals surface area contributed by atoms with E-state index < -0.39 is 27.4 Å². The summed E-state index contributed by atoms with van der Waals surface area (Å²) in [6, 6.07) is 9.55. The van der Waals surface area contributed by atoms with Gasteiger partial charge in [0.1, 0.15) is 0 Å². The lowest BCUT2D eigenvalue weighted by atomic mass is 10.0. The maximum Gasteiger partial charge on any atom is 0.417 e. The van der Waals surface area contributed by atoms with Crippen molar-refractivity contribution in [3.05, 3.63) is 55.2 Å². The van der Waals surface area contributed by atoms with E-state index >= 15 is 0 Å². The molecule has 0 saturated carbocycles. The lowest BCUT2D eigenvalue weighted by Crippen LogP contribution is -3.61. The molecular weight excluding hydrogens is 352 g/mol. The summed E-state index contributed by atoms with van der Waals surface area (Å²) in [5.74, 6) is -0.340. The quantitative estimate of drug-likeness (QED) is 0.543. The van der Waals surface area contributed by atoms with E-state index in [0.717, 1.165) is 3.57 Å². The zero-order chi connectivity index (χ0) is 12.8. The highest BCUT2D eigenvalue weighted by molar-refractivity contribution is 5.36. The number of benzene rings is 1. The molecule has 0 saturated heterocycles. The molecule has 0 spiro atoms. The molecule has 4 heteroatoms. The van der Waals surface area contributed by atoms with E-state index in [2.05, 4.69) is 0 Å². The summed E-state index contributed by atoms with van der Waals surface area (Å²) in [6.45, 7) is 0. The monoisotopic (exact) mass is 363 g/mol. The third-order valence-corrected chi connectivity index (χ3v) is 6.59. The van der Waals surface area contributed by atoms with Crippen LogP contribution in [0.3, 0.4) is 0 Å². The molecule has 0 radical (unpaired) electrons. The molecule has 2 bridgehead atoms. The third-order valence-electron chi connectivity index (χ3n) is 3.29. The standard InChI is InChI=1S/C14H11F3I/c15-14(16,17)12-9-6-7-10(8-9)13(12)18-11-4-2-1-3-5-11/h1-7,9-10H,8H2/q+1. The molecule has 1 aromatic carbocycles. The second-order valence-electron chi connectivity index (χ2n) is 4.48. The highest BCUT2D eigenvalue weighted by Gasteiger charge is 2.53. The Kier molecular flexibility index (Phi) is 3.00. The Morgan fingerprint density at radius 2 is 1.67 bits per heavy atom. The molecule has 2 unspecified atom stereocenters. The fraction of sp³-hybridized carbons (Fsp3) is 0.286. The molecule has 0 heterocycles.